The minimum atomic E-state index is -0.408. The molecule has 0 aromatic rings. The van der Waals surface area contributed by atoms with Crippen LogP contribution in [0, 0.1) is 40.4 Å². The highest BCUT2D eigenvalue weighted by atomic mass is 16.7. The number of hydrogen-bond acceptors (Lipinski definition) is 4. The summed E-state index contributed by atoms with van der Waals surface area (Å²) in [6, 6.07) is 0. The summed E-state index contributed by atoms with van der Waals surface area (Å²) in [5.74, 6) is 1.91. The first-order chi connectivity index (χ1) is 12.4. The molecule has 4 rings (SSSR count). The smallest absolute Gasteiger partial charge is 0.174 e. The average Bonchev–Trinajstić information content (AvgIpc) is 3.23. The third-order valence-corrected chi connectivity index (χ3v) is 9.31. The van der Waals surface area contributed by atoms with Crippen LogP contribution in [0.2, 0.25) is 0 Å². The van der Waals surface area contributed by atoms with Crippen LogP contribution in [0.1, 0.15) is 65.7 Å². The molecule has 0 radical (unpaired) electrons. The van der Waals surface area contributed by atoms with E-state index >= 15 is 0 Å². The molecule has 0 unspecified atom stereocenters. The van der Waals surface area contributed by atoms with Crippen molar-refractivity contribution < 1.29 is 19.7 Å². The van der Waals surface area contributed by atoms with Crippen molar-refractivity contribution in [1.29, 1.82) is 0 Å². The minimum absolute atomic E-state index is 0.0143. The van der Waals surface area contributed by atoms with Gasteiger partial charge < -0.3 is 19.7 Å². The fourth-order valence-electron chi connectivity index (χ4n) is 7.65. The first-order valence-electron chi connectivity index (χ1n) is 10.9. The van der Waals surface area contributed by atoms with Gasteiger partial charge in [-0.25, -0.2) is 0 Å². The van der Waals surface area contributed by atoms with Gasteiger partial charge in [0.05, 0.1) is 13.2 Å². The molecule has 2 N–H and O–H groups in total. The number of ether oxygens (including phenoxy) is 2. The fraction of sp³-hybridized carbons (Fsp3) is 1.00. The van der Waals surface area contributed by atoms with E-state index in [1.165, 1.54) is 12.8 Å². The van der Waals surface area contributed by atoms with Crippen molar-refractivity contribution in [3.63, 3.8) is 0 Å². The van der Waals surface area contributed by atoms with E-state index in [0.717, 1.165) is 32.1 Å². The van der Waals surface area contributed by atoms with E-state index in [0.29, 0.717) is 42.8 Å². The topological polar surface area (TPSA) is 58.9 Å². The van der Waals surface area contributed by atoms with Crippen LogP contribution in [-0.4, -0.2) is 42.4 Å². The van der Waals surface area contributed by atoms with Crippen LogP contribution in [0.25, 0.3) is 0 Å². The Hall–Kier alpha value is -0.160. The molecule has 4 aliphatic rings. The van der Waals surface area contributed by atoms with E-state index in [1.807, 2.05) is 0 Å². The highest BCUT2D eigenvalue weighted by Crippen LogP contribution is 2.66. The molecule has 1 saturated heterocycles. The molecule has 26 heavy (non-hydrogen) atoms. The third kappa shape index (κ3) is 2.55. The summed E-state index contributed by atoms with van der Waals surface area (Å²) in [4.78, 5) is 0. The zero-order valence-electron chi connectivity index (χ0n) is 16.9. The van der Waals surface area contributed by atoms with Crippen molar-refractivity contribution in [2.45, 2.75) is 71.5 Å². The summed E-state index contributed by atoms with van der Waals surface area (Å²) in [6.45, 7) is 9.03. The van der Waals surface area contributed by atoms with E-state index < -0.39 is 5.79 Å². The molecule has 1 aliphatic heterocycles. The van der Waals surface area contributed by atoms with Crippen molar-refractivity contribution in [2.24, 2.45) is 40.4 Å². The zero-order chi connectivity index (χ0) is 18.6. The molecule has 0 bridgehead atoms. The maximum Gasteiger partial charge on any atom is 0.174 e. The molecule has 1 spiro atoms. The minimum Gasteiger partial charge on any atom is -0.396 e. The van der Waals surface area contributed by atoms with Crippen molar-refractivity contribution in [3.05, 3.63) is 0 Å². The number of aliphatic hydroxyl groups is 2. The second-order valence-electron chi connectivity index (χ2n) is 10.3. The van der Waals surface area contributed by atoms with Crippen molar-refractivity contribution in [2.75, 3.05) is 26.4 Å². The van der Waals surface area contributed by atoms with Crippen LogP contribution in [0.3, 0.4) is 0 Å². The first kappa shape index (κ1) is 19.2. The van der Waals surface area contributed by atoms with Gasteiger partial charge in [0.1, 0.15) is 0 Å². The van der Waals surface area contributed by atoms with Gasteiger partial charge in [-0.15, -0.1) is 0 Å². The Kier molecular flexibility index (Phi) is 4.95. The SMILES string of the molecule is C[C@H]1CC[C@](C)([C@H]2CC[C@@]3(C)[C@@H](CCC34OCCO4)[C@@H]2CO)[C@@H](CO)C1. The summed E-state index contributed by atoms with van der Waals surface area (Å²) in [5.41, 5.74) is 0.156. The van der Waals surface area contributed by atoms with Crippen LogP contribution in [0.4, 0.5) is 0 Å². The fourth-order valence-corrected chi connectivity index (χ4v) is 7.65. The highest BCUT2D eigenvalue weighted by molar-refractivity contribution is 5.11. The molecule has 4 heteroatoms. The highest BCUT2D eigenvalue weighted by Gasteiger charge is 2.66. The second-order valence-corrected chi connectivity index (χ2v) is 10.3. The van der Waals surface area contributed by atoms with Gasteiger partial charge in [0.25, 0.3) is 0 Å². The monoisotopic (exact) mass is 366 g/mol. The third-order valence-electron chi connectivity index (χ3n) is 9.31. The van der Waals surface area contributed by atoms with Crippen molar-refractivity contribution in [1.82, 2.24) is 0 Å². The van der Waals surface area contributed by atoms with Crippen molar-refractivity contribution >= 4 is 0 Å². The molecule has 0 amide bonds. The van der Waals surface area contributed by atoms with Crippen LogP contribution in [0.5, 0.6) is 0 Å². The van der Waals surface area contributed by atoms with Gasteiger partial charge in [-0.2, -0.15) is 0 Å². The number of rotatable bonds is 3. The Labute approximate surface area is 158 Å². The van der Waals surface area contributed by atoms with Crippen LogP contribution in [-0.2, 0) is 9.47 Å². The molecule has 4 nitrogen and oxygen atoms in total. The Balaban J connectivity index is 1.62. The zero-order valence-corrected chi connectivity index (χ0v) is 16.9. The molecule has 1 heterocycles. The lowest BCUT2D eigenvalue weighted by atomic mass is 9.49. The quantitative estimate of drug-likeness (QED) is 0.801. The Morgan fingerprint density at radius 2 is 1.58 bits per heavy atom. The Morgan fingerprint density at radius 1 is 0.885 bits per heavy atom. The molecular weight excluding hydrogens is 328 g/mol. The van der Waals surface area contributed by atoms with Gasteiger partial charge in [-0.3, -0.25) is 0 Å². The predicted octanol–water partition coefficient (Wildman–Crippen LogP) is 3.60. The van der Waals surface area contributed by atoms with Gasteiger partial charge in [0.15, 0.2) is 5.79 Å². The lowest BCUT2D eigenvalue weighted by molar-refractivity contribution is -0.245. The number of fused-ring (bicyclic) bond motifs is 2. The summed E-state index contributed by atoms with van der Waals surface area (Å²) < 4.78 is 12.4. The molecule has 0 aromatic heterocycles. The van der Waals surface area contributed by atoms with Crippen LogP contribution >= 0.6 is 0 Å². The van der Waals surface area contributed by atoms with E-state index in [9.17, 15) is 10.2 Å². The van der Waals surface area contributed by atoms with E-state index in [4.69, 9.17) is 9.47 Å². The second kappa shape index (κ2) is 6.72. The largest absolute Gasteiger partial charge is 0.396 e. The summed E-state index contributed by atoms with van der Waals surface area (Å²) in [6.07, 6.45) is 7.85. The summed E-state index contributed by atoms with van der Waals surface area (Å²) in [7, 11) is 0. The first-order valence-corrected chi connectivity index (χ1v) is 10.9. The maximum absolute atomic E-state index is 10.5. The van der Waals surface area contributed by atoms with Gasteiger partial charge in [0.2, 0.25) is 0 Å². The molecule has 3 saturated carbocycles. The van der Waals surface area contributed by atoms with Gasteiger partial charge in [-0.1, -0.05) is 27.2 Å². The van der Waals surface area contributed by atoms with Crippen molar-refractivity contribution in [3.8, 4) is 0 Å². The van der Waals surface area contributed by atoms with E-state index in [2.05, 4.69) is 20.8 Å². The average molecular weight is 367 g/mol. The number of aliphatic hydroxyl groups excluding tert-OH is 2. The standard InChI is InChI=1S/C22H38O4/c1-15-4-7-20(2,16(12-15)13-23)18-5-8-21(3)19(17(18)14-24)6-9-22(21)25-10-11-26-22/h15-19,23-24H,4-14H2,1-3H3/t15-,16+,17+,18-,19-,20-,21-/m0/s1. The molecule has 3 aliphatic carbocycles. The van der Waals surface area contributed by atoms with Crippen LogP contribution < -0.4 is 0 Å². The van der Waals surface area contributed by atoms with Gasteiger partial charge in [-0.05, 0) is 67.1 Å². The van der Waals surface area contributed by atoms with E-state index in [1.54, 1.807) is 0 Å². The molecule has 7 atom stereocenters. The molecular formula is C22H38O4. The van der Waals surface area contributed by atoms with Gasteiger partial charge >= 0.3 is 0 Å². The molecule has 0 aromatic carbocycles. The Morgan fingerprint density at radius 3 is 2.23 bits per heavy atom. The normalized spacial score (nSPS) is 50.9. The summed E-state index contributed by atoms with van der Waals surface area (Å²) in [5, 5.41) is 20.6. The molecule has 150 valence electrons. The molecule has 4 fully saturated rings. The lowest BCUT2D eigenvalue weighted by Crippen LogP contribution is -2.56. The van der Waals surface area contributed by atoms with Gasteiger partial charge in [0, 0.05) is 25.0 Å². The van der Waals surface area contributed by atoms with Crippen LogP contribution in [0.15, 0.2) is 0 Å². The number of hydrogen-bond donors (Lipinski definition) is 2. The Bertz CT molecular complexity index is 516. The predicted molar refractivity (Wildman–Crippen MR) is 100 cm³/mol. The summed E-state index contributed by atoms with van der Waals surface area (Å²) >= 11 is 0. The lowest BCUT2D eigenvalue weighted by Gasteiger charge is -2.57. The van der Waals surface area contributed by atoms with E-state index in [-0.39, 0.29) is 24.0 Å². The maximum atomic E-state index is 10.5.